The third kappa shape index (κ3) is 11.8. The molecule has 0 heterocycles. The summed E-state index contributed by atoms with van der Waals surface area (Å²) in [7, 11) is 0. The Hall–Kier alpha value is -2.04. The highest BCUT2D eigenvalue weighted by Crippen LogP contribution is 2.29. The van der Waals surface area contributed by atoms with E-state index in [-0.39, 0.29) is 5.96 Å². The van der Waals surface area contributed by atoms with Crippen LogP contribution in [-0.4, -0.2) is 17.0 Å². The smallest absolute Gasteiger partial charge is 0.311 e. The number of guanidine groups is 1. The van der Waals surface area contributed by atoms with Crippen molar-refractivity contribution in [1.29, 1.82) is 5.41 Å². The van der Waals surface area contributed by atoms with Gasteiger partial charge < -0.3 is 16.2 Å². The van der Waals surface area contributed by atoms with E-state index < -0.39 is 11.9 Å². The van der Waals surface area contributed by atoms with Gasteiger partial charge in [0.05, 0.1) is 5.92 Å². The molecule has 1 aromatic rings. The average Bonchev–Trinajstić information content (AvgIpc) is 2.71. The van der Waals surface area contributed by atoms with Gasteiger partial charge in [-0.2, -0.15) is 0 Å². The van der Waals surface area contributed by atoms with Gasteiger partial charge in [-0.15, -0.1) is 0 Å². The molecule has 0 bridgehead atoms. The molecule has 170 valence electrons. The number of benzene rings is 1. The molecular weight excluding hydrogens is 374 g/mol. The lowest BCUT2D eigenvalue weighted by atomic mass is 9.91. The molecule has 1 unspecified atom stereocenters. The van der Waals surface area contributed by atoms with Crippen molar-refractivity contribution in [3.63, 3.8) is 0 Å². The van der Waals surface area contributed by atoms with Crippen molar-refractivity contribution in [1.82, 2.24) is 0 Å². The Morgan fingerprint density at radius 2 is 1.37 bits per heavy atom. The first kappa shape index (κ1) is 26.0. The molecule has 0 radical (unpaired) electrons. The van der Waals surface area contributed by atoms with Crippen LogP contribution in [0.4, 0.5) is 5.69 Å². The summed E-state index contributed by atoms with van der Waals surface area (Å²) in [5.41, 5.74) is 6.74. The molecule has 0 aliphatic carbocycles. The fourth-order valence-electron chi connectivity index (χ4n) is 4.01. The molecular formula is C25H43N3O2. The number of hydrogen-bond acceptors (Lipinski definition) is 2. The molecule has 1 aromatic carbocycles. The van der Waals surface area contributed by atoms with Gasteiger partial charge in [-0.25, -0.2) is 0 Å². The van der Waals surface area contributed by atoms with E-state index in [4.69, 9.17) is 11.1 Å². The summed E-state index contributed by atoms with van der Waals surface area (Å²) in [6, 6.07) is 7.24. The summed E-state index contributed by atoms with van der Waals surface area (Å²) in [6.07, 6.45) is 18.7. The van der Waals surface area contributed by atoms with E-state index in [1.807, 2.05) is 18.2 Å². The van der Waals surface area contributed by atoms with Crippen LogP contribution >= 0.6 is 0 Å². The molecule has 5 heteroatoms. The lowest BCUT2D eigenvalue weighted by molar-refractivity contribution is -0.139. The quantitative estimate of drug-likeness (QED) is 0.117. The zero-order valence-electron chi connectivity index (χ0n) is 18.9. The fraction of sp³-hybridized carbons (Fsp3) is 0.680. The van der Waals surface area contributed by atoms with Gasteiger partial charge >= 0.3 is 5.97 Å². The van der Waals surface area contributed by atoms with Crippen molar-refractivity contribution < 1.29 is 9.90 Å². The second kappa shape index (κ2) is 16.7. The molecule has 1 atom stereocenters. The van der Waals surface area contributed by atoms with Crippen molar-refractivity contribution in [2.24, 2.45) is 5.73 Å². The van der Waals surface area contributed by atoms with E-state index in [1.54, 1.807) is 6.07 Å². The summed E-state index contributed by atoms with van der Waals surface area (Å²) >= 11 is 0. The van der Waals surface area contributed by atoms with Gasteiger partial charge in [0.25, 0.3) is 0 Å². The first-order chi connectivity index (χ1) is 14.6. The van der Waals surface area contributed by atoms with Crippen LogP contribution in [0.1, 0.15) is 115 Å². The maximum absolute atomic E-state index is 11.8. The van der Waals surface area contributed by atoms with Gasteiger partial charge in [0.2, 0.25) is 0 Å². The second-order valence-corrected chi connectivity index (χ2v) is 8.40. The third-order valence-corrected chi connectivity index (χ3v) is 5.75. The first-order valence-electron chi connectivity index (χ1n) is 12.0. The van der Waals surface area contributed by atoms with Crippen molar-refractivity contribution in [3.05, 3.63) is 29.8 Å². The van der Waals surface area contributed by atoms with Crippen LogP contribution in [0.25, 0.3) is 0 Å². The number of aliphatic carboxylic acids is 1. The number of carbonyl (C=O) groups is 1. The van der Waals surface area contributed by atoms with Gasteiger partial charge in [0.15, 0.2) is 5.96 Å². The lowest BCUT2D eigenvalue weighted by Crippen LogP contribution is -2.23. The Labute approximate surface area is 183 Å². The molecule has 0 spiro atoms. The normalized spacial score (nSPS) is 11.9. The molecule has 0 aliphatic heterocycles. The minimum absolute atomic E-state index is 0.178. The number of anilines is 1. The maximum Gasteiger partial charge on any atom is 0.311 e. The van der Waals surface area contributed by atoms with Crippen molar-refractivity contribution >= 4 is 17.6 Å². The van der Waals surface area contributed by atoms with Crippen LogP contribution in [0.2, 0.25) is 0 Å². The number of nitrogens with two attached hydrogens (primary N) is 1. The molecule has 0 saturated heterocycles. The molecule has 30 heavy (non-hydrogen) atoms. The SMILES string of the molecule is CCCCCCCCCCCCCCCCC(C(=O)O)c1ccccc1NC(=N)N. The summed E-state index contributed by atoms with van der Waals surface area (Å²) in [5.74, 6) is -1.56. The predicted molar refractivity (Wildman–Crippen MR) is 127 cm³/mol. The second-order valence-electron chi connectivity index (χ2n) is 8.40. The zero-order chi connectivity index (χ0) is 22.0. The number of carboxylic acid groups (broad SMARTS) is 1. The van der Waals surface area contributed by atoms with Crippen LogP contribution in [0, 0.1) is 5.41 Å². The lowest BCUT2D eigenvalue weighted by Gasteiger charge is -2.17. The van der Waals surface area contributed by atoms with Gasteiger partial charge in [0.1, 0.15) is 0 Å². The molecule has 5 N–H and O–H groups in total. The molecule has 0 saturated carbocycles. The number of nitrogens with one attached hydrogen (secondary N) is 2. The van der Waals surface area contributed by atoms with Crippen LogP contribution < -0.4 is 11.1 Å². The molecule has 0 amide bonds. The van der Waals surface area contributed by atoms with Crippen LogP contribution in [0.3, 0.4) is 0 Å². The van der Waals surface area contributed by atoms with Gasteiger partial charge in [0, 0.05) is 5.69 Å². The third-order valence-electron chi connectivity index (χ3n) is 5.75. The predicted octanol–water partition coefficient (Wildman–Crippen LogP) is 7.03. The maximum atomic E-state index is 11.8. The Balaban J connectivity index is 2.16. The van der Waals surface area contributed by atoms with E-state index in [1.165, 1.54) is 77.0 Å². The summed E-state index contributed by atoms with van der Waals surface area (Å²) in [6.45, 7) is 2.26. The van der Waals surface area contributed by atoms with E-state index in [9.17, 15) is 9.90 Å². The summed E-state index contributed by atoms with van der Waals surface area (Å²) in [5, 5.41) is 19.9. The molecule has 1 rings (SSSR count). The number of hydrogen-bond donors (Lipinski definition) is 4. The van der Waals surface area contributed by atoms with Crippen molar-refractivity contribution in [3.8, 4) is 0 Å². The van der Waals surface area contributed by atoms with Gasteiger partial charge in [-0.05, 0) is 18.1 Å². The molecule has 0 fully saturated rings. The average molecular weight is 418 g/mol. The van der Waals surface area contributed by atoms with Crippen LogP contribution in [0.5, 0.6) is 0 Å². The Morgan fingerprint density at radius 1 is 0.900 bits per heavy atom. The summed E-state index contributed by atoms with van der Waals surface area (Å²) < 4.78 is 0. The van der Waals surface area contributed by atoms with E-state index in [0.717, 1.165) is 12.8 Å². The monoisotopic (exact) mass is 417 g/mol. The van der Waals surface area contributed by atoms with E-state index in [0.29, 0.717) is 17.7 Å². The van der Waals surface area contributed by atoms with E-state index >= 15 is 0 Å². The molecule has 0 aromatic heterocycles. The van der Waals surface area contributed by atoms with Crippen LogP contribution in [-0.2, 0) is 4.79 Å². The van der Waals surface area contributed by atoms with Crippen LogP contribution in [0.15, 0.2) is 24.3 Å². The highest BCUT2D eigenvalue weighted by atomic mass is 16.4. The van der Waals surface area contributed by atoms with Gasteiger partial charge in [-0.1, -0.05) is 115 Å². The highest BCUT2D eigenvalue weighted by Gasteiger charge is 2.22. The Bertz CT molecular complexity index is 604. The first-order valence-corrected chi connectivity index (χ1v) is 12.0. The standard InChI is InChI=1S/C25H43N3O2/c1-2-3-4-5-6-7-8-9-10-11-12-13-14-15-19-22(24(29)30)21-18-16-17-20-23(21)28-25(26)27/h16-18,20,22H,2-15,19H2,1H3,(H,29,30)(H4,26,27,28). The highest BCUT2D eigenvalue weighted by molar-refractivity contribution is 5.92. The fourth-order valence-corrected chi connectivity index (χ4v) is 4.01. The van der Waals surface area contributed by atoms with E-state index in [2.05, 4.69) is 12.2 Å². The topological polar surface area (TPSA) is 99.2 Å². The van der Waals surface area contributed by atoms with Gasteiger partial charge in [-0.3, -0.25) is 10.2 Å². The zero-order valence-corrected chi connectivity index (χ0v) is 18.9. The summed E-state index contributed by atoms with van der Waals surface area (Å²) in [4.78, 5) is 11.8. The number of rotatable bonds is 18. The number of unbranched alkanes of at least 4 members (excludes halogenated alkanes) is 13. The minimum Gasteiger partial charge on any atom is -0.481 e. The largest absolute Gasteiger partial charge is 0.481 e. The Kier molecular flexibility index (Phi) is 14.5. The molecule has 0 aliphatic rings. The number of carboxylic acids is 1. The van der Waals surface area contributed by atoms with Crippen molar-refractivity contribution in [2.75, 3.05) is 5.32 Å². The Morgan fingerprint density at radius 3 is 1.83 bits per heavy atom. The minimum atomic E-state index is -0.817. The number of para-hydroxylation sites is 1. The molecule has 5 nitrogen and oxygen atoms in total. The van der Waals surface area contributed by atoms with Crippen molar-refractivity contribution in [2.45, 2.75) is 109 Å².